The lowest BCUT2D eigenvalue weighted by Crippen LogP contribution is -2.24. The van der Waals surface area contributed by atoms with Crippen LogP contribution in [0.15, 0.2) is 47.6 Å². The van der Waals surface area contributed by atoms with Gasteiger partial charge in [0.15, 0.2) is 5.11 Å². The summed E-state index contributed by atoms with van der Waals surface area (Å²) >= 11 is 5.20. The van der Waals surface area contributed by atoms with Crippen molar-refractivity contribution in [2.24, 2.45) is 5.10 Å². The molecular weight excluding hydrogens is 332 g/mol. The van der Waals surface area contributed by atoms with Crippen molar-refractivity contribution in [3.05, 3.63) is 59.2 Å². The highest BCUT2D eigenvalue weighted by atomic mass is 32.1. The number of benzene rings is 2. The highest BCUT2D eigenvalue weighted by Gasteiger charge is 2.04. The molecule has 2 N–H and O–H groups in total. The quantitative estimate of drug-likeness (QED) is 0.482. The summed E-state index contributed by atoms with van der Waals surface area (Å²) in [4.78, 5) is 0. The largest absolute Gasteiger partial charge is 0.435 e. The molecule has 0 fully saturated rings. The number of hydrazone groups is 1. The summed E-state index contributed by atoms with van der Waals surface area (Å²) in [5.41, 5.74) is 6.55. The van der Waals surface area contributed by atoms with Gasteiger partial charge in [-0.05, 0) is 67.0 Å². The zero-order valence-corrected chi connectivity index (χ0v) is 14.0. The Balaban J connectivity index is 1.90. The normalized spacial score (nSPS) is 10.9. The van der Waals surface area contributed by atoms with Gasteiger partial charge in [-0.1, -0.05) is 18.2 Å². The second-order valence-corrected chi connectivity index (χ2v) is 5.45. The zero-order valence-electron chi connectivity index (χ0n) is 13.2. The van der Waals surface area contributed by atoms with Gasteiger partial charge in [-0.15, -0.1) is 0 Å². The molecule has 2 aromatic carbocycles. The van der Waals surface area contributed by atoms with Crippen LogP contribution < -0.4 is 15.5 Å². The molecule has 0 unspecified atom stereocenters. The van der Waals surface area contributed by atoms with E-state index in [9.17, 15) is 8.78 Å². The predicted molar refractivity (Wildman–Crippen MR) is 95.9 cm³/mol. The average Bonchev–Trinajstić information content (AvgIpc) is 2.52. The zero-order chi connectivity index (χ0) is 17.5. The number of nitrogens with one attached hydrogen (secondary N) is 2. The number of thiocarbonyl (C=S) groups is 1. The van der Waals surface area contributed by atoms with E-state index < -0.39 is 6.61 Å². The highest BCUT2D eigenvalue weighted by Crippen LogP contribution is 2.19. The van der Waals surface area contributed by atoms with Gasteiger partial charge in [0.25, 0.3) is 0 Å². The third-order valence-electron chi connectivity index (χ3n) is 3.20. The second kappa shape index (κ2) is 8.35. The van der Waals surface area contributed by atoms with E-state index in [1.165, 1.54) is 18.3 Å². The minimum Gasteiger partial charge on any atom is -0.435 e. The Kier molecular flexibility index (Phi) is 6.20. The number of alkyl halides is 2. The Morgan fingerprint density at radius 1 is 1.12 bits per heavy atom. The van der Waals surface area contributed by atoms with Gasteiger partial charge >= 0.3 is 6.61 Å². The van der Waals surface area contributed by atoms with E-state index in [2.05, 4.69) is 20.6 Å². The first kappa shape index (κ1) is 17.8. The van der Waals surface area contributed by atoms with E-state index >= 15 is 0 Å². The summed E-state index contributed by atoms with van der Waals surface area (Å²) in [6.07, 6.45) is 1.53. The minimum atomic E-state index is -2.83. The second-order valence-electron chi connectivity index (χ2n) is 5.04. The third kappa shape index (κ3) is 5.27. The lowest BCUT2D eigenvalue weighted by molar-refractivity contribution is -0.0498. The molecule has 4 nitrogen and oxygen atoms in total. The van der Waals surface area contributed by atoms with Gasteiger partial charge in [-0.3, -0.25) is 5.43 Å². The number of hydrogen-bond acceptors (Lipinski definition) is 3. The molecule has 0 aromatic heterocycles. The maximum absolute atomic E-state index is 12.1. The molecule has 0 radical (unpaired) electrons. The lowest BCUT2D eigenvalue weighted by atomic mass is 10.1. The van der Waals surface area contributed by atoms with Crippen molar-refractivity contribution in [1.29, 1.82) is 0 Å². The molecule has 0 saturated heterocycles. The first-order chi connectivity index (χ1) is 11.5. The third-order valence-corrected chi connectivity index (χ3v) is 3.40. The molecule has 0 atom stereocenters. The summed E-state index contributed by atoms with van der Waals surface area (Å²) in [7, 11) is 0. The number of ether oxygens (including phenoxy) is 1. The van der Waals surface area contributed by atoms with Crippen molar-refractivity contribution in [2.45, 2.75) is 20.5 Å². The molecular formula is C17H17F2N3OS. The summed E-state index contributed by atoms with van der Waals surface area (Å²) in [6, 6.07) is 12.1. The topological polar surface area (TPSA) is 45.7 Å². The van der Waals surface area contributed by atoms with Crippen LogP contribution in [0, 0.1) is 13.8 Å². The van der Waals surface area contributed by atoms with Crippen molar-refractivity contribution in [3.63, 3.8) is 0 Å². The standard InChI is InChI=1S/C17H17F2N3OS/c1-11-4-3-5-12(2)15(11)21-17(24)22-20-10-13-6-8-14(9-7-13)23-16(18)19/h3-10,16H,1-2H3,(H2,21,22,24)/b20-10+. The molecule has 126 valence electrons. The Labute approximate surface area is 144 Å². The molecule has 0 spiro atoms. The SMILES string of the molecule is Cc1cccc(C)c1NC(=S)N/N=C/c1ccc(OC(F)F)cc1. The summed E-state index contributed by atoms with van der Waals surface area (Å²) < 4.78 is 28.4. The molecule has 0 aliphatic heterocycles. The first-order valence-electron chi connectivity index (χ1n) is 7.17. The minimum absolute atomic E-state index is 0.0994. The Morgan fingerprint density at radius 2 is 1.75 bits per heavy atom. The predicted octanol–water partition coefficient (Wildman–Crippen LogP) is 4.23. The summed E-state index contributed by atoms with van der Waals surface area (Å²) in [6.45, 7) is 1.15. The van der Waals surface area contributed by atoms with Crippen molar-refractivity contribution >= 4 is 29.2 Å². The molecule has 0 saturated carbocycles. The van der Waals surface area contributed by atoms with Crippen LogP contribution in [0.3, 0.4) is 0 Å². The van der Waals surface area contributed by atoms with Crippen LogP contribution in [0.1, 0.15) is 16.7 Å². The van der Waals surface area contributed by atoms with Gasteiger partial charge in [0, 0.05) is 5.69 Å². The number of anilines is 1. The van der Waals surface area contributed by atoms with Gasteiger partial charge in [0.05, 0.1) is 6.21 Å². The lowest BCUT2D eigenvalue weighted by Gasteiger charge is -2.12. The van der Waals surface area contributed by atoms with Crippen LogP contribution in [0.4, 0.5) is 14.5 Å². The van der Waals surface area contributed by atoms with Crippen molar-refractivity contribution in [1.82, 2.24) is 5.43 Å². The van der Waals surface area contributed by atoms with E-state index in [1.54, 1.807) is 12.1 Å². The fourth-order valence-electron chi connectivity index (χ4n) is 2.05. The first-order valence-corrected chi connectivity index (χ1v) is 7.57. The van der Waals surface area contributed by atoms with Gasteiger partial charge < -0.3 is 10.1 Å². The Bertz CT molecular complexity index is 713. The maximum atomic E-state index is 12.1. The smallest absolute Gasteiger partial charge is 0.387 e. The number of para-hydroxylation sites is 1. The molecule has 7 heteroatoms. The maximum Gasteiger partial charge on any atom is 0.387 e. The molecule has 0 heterocycles. The monoisotopic (exact) mass is 349 g/mol. The highest BCUT2D eigenvalue weighted by molar-refractivity contribution is 7.80. The van der Waals surface area contributed by atoms with E-state index in [-0.39, 0.29) is 5.75 Å². The van der Waals surface area contributed by atoms with Crippen molar-refractivity contribution < 1.29 is 13.5 Å². The fraction of sp³-hybridized carbons (Fsp3) is 0.176. The molecule has 2 rings (SSSR count). The Hall–Kier alpha value is -2.54. The fourth-order valence-corrected chi connectivity index (χ4v) is 2.21. The van der Waals surface area contributed by atoms with Gasteiger partial charge in [-0.2, -0.15) is 13.9 Å². The van der Waals surface area contributed by atoms with Crippen LogP contribution in [0.2, 0.25) is 0 Å². The van der Waals surface area contributed by atoms with Crippen LogP contribution in [-0.2, 0) is 0 Å². The number of aryl methyl sites for hydroxylation is 2. The van der Waals surface area contributed by atoms with Gasteiger partial charge in [-0.25, -0.2) is 0 Å². The van der Waals surface area contributed by atoms with E-state index in [4.69, 9.17) is 12.2 Å². The molecule has 2 aromatic rings. The Morgan fingerprint density at radius 3 is 2.33 bits per heavy atom. The number of rotatable bonds is 5. The molecule has 24 heavy (non-hydrogen) atoms. The van der Waals surface area contributed by atoms with Crippen LogP contribution in [0.25, 0.3) is 0 Å². The number of halogens is 2. The number of nitrogens with zero attached hydrogens (tertiary/aromatic N) is 1. The molecule has 0 aliphatic carbocycles. The molecule has 0 bridgehead atoms. The summed E-state index contributed by atoms with van der Waals surface area (Å²) in [5.74, 6) is 0.0994. The van der Waals surface area contributed by atoms with Crippen LogP contribution in [-0.4, -0.2) is 17.9 Å². The van der Waals surface area contributed by atoms with Crippen LogP contribution >= 0.6 is 12.2 Å². The molecule has 0 amide bonds. The number of hydrogen-bond donors (Lipinski definition) is 2. The average molecular weight is 349 g/mol. The van der Waals surface area contributed by atoms with Crippen molar-refractivity contribution in [2.75, 3.05) is 5.32 Å². The van der Waals surface area contributed by atoms with E-state index in [0.29, 0.717) is 5.11 Å². The van der Waals surface area contributed by atoms with Gasteiger partial charge in [0.1, 0.15) is 5.75 Å². The molecule has 0 aliphatic rings. The summed E-state index contributed by atoms with van der Waals surface area (Å²) in [5, 5.41) is 7.48. The van der Waals surface area contributed by atoms with Gasteiger partial charge in [0.2, 0.25) is 0 Å². The van der Waals surface area contributed by atoms with Crippen LogP contribution in [0.5, 0.6) is 5.75 Å². The van der Waals surface area contributed by atoms with Crippen molar-refractivity contribution in [3.8, 4) is 5.75 Å². The van der Waals surface area contributed by atoms with E-state index in [0.717, 1.165) is 22.4 Å². The van der Waals surface area contributed by atoms with E-state index in [1.807, 2.05) is 32.0 Å².